The molecule has 2 heterocycles. The van der Waals surface area contributed by atoms with Gasteiger partial charge >= 0.3 is 0 Å². The van der Waals surface area contributed by atoms with Crippen LogP contribution in [0.2, 0.25) is 0 Å². The molecule has 0 amide bonds. The van der Waals surface area contributed by atoms with E-state index in [1.807, 2.05) is 79.7 Å². The van der Waals surface area contributed by atoms with Gasteiger partial charge in [0.1, 0.15) is 5.69 Å². The molecule has 0 aliphatic heterocycles. The number of aromatic nitrogens is 4. The van der Waals surface area contributed by atoms with Crippen molar-refractivity contribution in [2.45, 2.75) is 40.5 Å². The lowest BCUT2D eigenvalue weighted by Crippen LogP contribution is -2.12. The summed E-state index contributed by atoms with van der Waals surface area (Å²) in [5.41, 5.74) is 17.3. The van der Waals surface area contributed by atoms with Crippen molar-refractivity contribution < 1.29 is 19.2 Å². The first-order valence-corrected chi connectivity index (χ1v) is 23.1. The Labute approximate surface area is 409 Å². The fourth-order valence-corrected chi connectivity index (χ4v) is 8.13. The number of rotatable bonds is 10. The summed E-state index contributed by atoms with van der Waals surface area (Å²) in [5.74, 6) is 2.78. The van der Waals surface area contributed by atoms with Crippen LogP contribution in [-0.4, -0.2) is 44.9 Å². The van der Waals surface area contributed by atoms with Gasteiger partial charge in [-0.1, -0.05) is 166 Å². The van der Waals surface area contributed by atoms with Crippen LogP contribution in [0.1, 0.15) is 42.7 Å². The molecule has 0 fully saturated rings. The van der Waals surface area contributed by atoms with Crippen LogP contribution in [0.25, 0.3) is 78.5 Å². The van der Waals surface area contributed by atoms with E-state index >= 15 is 0 Å². The van der Waals surface area contributed by atoms with Gasteiger partial charge in [0.25, 0.3) is 0 Å². The first-order chi connectivity index (χ1) is 33.9. The van der Waals surface area contributed by atoms with E-state index in [0.29, 0.717) is 35.2 Å². The molecule has 2 aromatic heterocycles. The van der Waals surface area contributed by atoms with Gasteiger partial charge in [-0.05, 0) is 117 Å². The third-order valence-electron chi connectivity index (χ3n) is 11.9. The van der Waals surface area contributed by atoms with Gasteiger partial charge in [0.2, 0.25) is 23.6 Å². The Hall–Kier alpha value is -8.44. The first kappa shape index (κ1) is 48.0. The molecule has 0 spiro atoms. The van der Waals surface area contributed by atoms with Gasteiger partial charge < -0.3 is 13.7 Å². The second-order valence-electron chi connectivity index (χ2n) is 17.3. The first-order valence-electron chi connectivity index (χ1n) is 23.1. The van der Waals surface area contributed by atoms with E-state index in [1.54, 1.807) is 26.0 Å². The molecule has 10 rings (SSSR count). The minimum Gasteiger partial charge on any atom is -0.421 e. The molecular formula is C60H56N6O4. The maximum atomic E-state index is 9.19. The summed E-state index contributed by atoms with van der Waals surface area (Å²) in [4.78, 5) is 2.01. The second-order valence-corrected chi connectivity index (χ2v) is 17.3. The molecule has 70 heavy (non-hydrogen) atoms. The summed E-state index contributed by atoms with van der Waals surface area (Å²) in [5, 5.41) is 34.5. The molecule has 0 bridgehead atoms. The van der Waals surface area contributed by atoms with Gasteiger partial charge in [-0.2, -0.15) is 0 Å². The molecule has 0 atom stereocenters. The normalized spacial score (nSPS) is 10.8. The molecule has 8 aromatic carbocycles. The molecule has 350 valence electrons. The molecule has 0 radical (unpaired) electrons. The minimum absolute atomic E-state index is 0.148. The van der Waals surface area contributed by atoms with Crippen LogP contribution >= 0.6 is 0 Å². The molecule has 0 aliphatic rings. The molecule has 0 saturated carbocycles. The van der Waals surface area contributed by atoms with Crippen LogP contribution in [0.15, 0.2) is 203 Å². The topological polar surface area (TPSA) is 125 Å². The van der Waals surface area contributed by atoms with Crippen LogP contribution in [0, 0.1) is 20.8 Å². The van der Waals surface area contributed by atoms with E-state index in [1.165, 1.54) is 50.1 Å². The molecule has 0 unspecified atom stereocenters. The number of aryl methyl sites for hydroxylation is 3. The number of anilines is 2. The lowest BCUT2D eigenvalue weighted by molar-refractivity contribution is 0.0295. The van der Waals surface area contributed by atoms with E-state index in [-0.39, 0.29) is 5.23 Å². The Morgan fingerprint density at radius 2 is 0.743 bits per heavy atom. The van der Waals surface area contributed by atoms with Gasteiger partial charge in [-0.3, -0.25) is 10.4 Å². The molecule has 0 aliphatic carbocycles. The van der Waals surface area contributed by atoms with Crippen LogP contribution in [0.3, 0.4) is 0 Å². The third kappa shape index (κ3) is 11.4. The summed E-state index contributed by atoms with van der Waals surface area (Å²) >= 11 is 0. The molecule has 10 heteroatoms. The SMILES string of the molecule is CN(C)c1ccc(-c2ccccc2N(O)O)cc1.Cc1nnc(-c2ccc(-c3ccccc3-c3ccccc3-c3ccc(C(C)C)cc3)cc2)o1.Cc1nnc(-c2ccc(-c3ccccc3C)cc2)o1. The fraction of sp³-hybridized carbons (Fsp3) is 0.133. The van der Waals surface area contributed by atoms with Crippen molar-refractivity contribution in [3.8, 4) is 78.5 Å². The quantitative estimate of drug-likeness (QED) is 0.128. The Morgan fingerprint density at radius 1 is 0.386 bits per heavy atom. The third-order valence-corrected chi connectivity index (χ3v) is 11.9. The highest BCUT2D eigenvalue weighted by Crippen LogP contribution is 2.39. The monoisotopic (exact) mass is 924 g/mol. The van der Waals surface area contributed by atoms with Crippen molar-refractivity contribution >= 4 is 11.4 Å². The smallest absolute Gasteiger partial charge is 0.247 e. The molecular weight excluding hydrogens is 869 g/mol. The minimum atomic E-state index is 0.148. The predicted octanol–water partition coefficient (Wildman–Crippen LogP) is 15.2. The zero-order valence-corrected chi connectivity index (χ0v) is 40.4. The fourth-order valence-electron chi connectivity index (χ4n) is 8.13. The Morgan fingerprint density at radius 3 is 1.16 bits per heavy atom. The van der Waals surface area contributed by atoms with Crippen molar-refractivity contribution in [2.24, 2.45) is 0 Å². The van der Waals surface area contributed by atoms with Crippen LogP contribution < -0.4 is 10.1 Å². The highest BCUT2D eigenvalue weighted by molar-refractivity contribution is 5.92. The molecule has 10 nitrogen and oxygen atoms in total. The van der Waals surface area contributed by atoms with Crippen molar-refractivity contribution in [1.82, 2.24) is 20.4 Å². The van der Waals surface area contributed by atoms with E-state index in [0.717, 1.165) is 33.5 Å². The standard InChI is InChI=1S/C30H26N2O.C16H14N2O.C14H16N2O2/c1-20(2)22-12-14-23(15-13-22)26-8-4-6-10-28(26)29-11-7-5-9-27(29)24-16-18-25(19-17-24)30-32-31-21(3)33-30;1-11-5-3-4-6-15(11)13-7-9-14(10-8-13)16-18-17-12(2)19-16;1-15(2)12-9-7-11(8-10-12)13-5-3-4-6-14(13)16(17)18/h4-20H,1-3H3;3-10H,1-2H3;3-10,17-18H,1-2H3. The summed E-state index contributed by atoms with van der Waals surface area (Å²) in [6.45, 7) is 10.2. The van der Waals surface area contributed by atoms with Crippen molar-refractivity contribution in [2.75, 3.05) is 24.2 Å². The highest BCUT2D eigenvalue weighted by Gasteiger charge is 2.14. The average molecular weight is 925 g/mol. The molecule has 2 N–H and O–H groups in total. The van der Waals surface area contributed by atoms with Gasteiger partial charge in [0.15, 0.2) is 0 Å². The number of para-hydroxylation sites is 1. The van der Waals surface area contributed by atoms with Crippen LogP contribution in [0.5, 0.6) is 0 Å². The van der Waals surface area contributed by atoms with Crippen LogP contribution in [0.4, 0.5) is 11.4 Å². The molecule has 0 saturated heterocycles. The summed E-state index contributed by atoms with van der Waals surface area (Å²) in [6.07, 6.45) is 0. The number of hydrogen-bond donors (Lipinski definition) is 2. The van der Waals surface area contributed by atoms with E-state index in [2.05, 4.69) is 162 Å². The predicted molar refractivity (Wildman–Crippen MR) is 282 cm³/mol. The Bertz CT molecular complexity index is 3270. The van der Waals surface area contributed by atoms with Gasteiger partial charge in [0.05, 0.1) is 0 Å². The van der Waals surface area contributed by atoms with Crippen molar-refractivity contribution in [3.05, 3.63) is 217 Å². The Balaban J connectivity index is 0.000000152. The van der Waals surface area contributed by atoms with Gasteiger partial charge in [-0.15, -0.1) is 25.6 Å². The largest absolute Gasteiger partial charge is 0.421 e. The lowest BCUT2D eigenvalue weighted by atomic mass is 9.88. The second kappa shape index (κ2) is 22.1. The van der Waals surface area contributed by atoms with Crippen LogP contribution in [-0.2, 0) is 0 Å². The van der Waals surface area contributed by atoms with E-state index < -0.39 is 0 Å². The average Bonchev–Trinajstić information content (AvgIpc) is 4.05. The number of nitrogens with zero attached hydrogens (tertiary/aromatic N) is 6. The lowest BCUT2D eigenvalue weighted by Gasteiger charge is -2.15. The van der Waals surface area contributed by atoms with Crippen molar-refractivity contribution in [1.29, 1.82) is 0 Å². The van der Waals surface area contributed by atoms with E-state index in [4.69, 9.17) is 8.83 Å². The zero-order chi connectivity index (χ0) is 49.1. The summed E-state index contributed by atoms with van der Waals surface area (Å²) in [7, 11) is 3.96. The number of benzene rings is 8. The van der Waals surface area contributed by atoms with Crippen molar-refractivity contribution in [3.63, 3.8) is 0 Å². The van der Waals surface area contributed by atoms with Gasteiger partial charge in [0, 0.05) is 50.3 Å². The van der Waals surface area contributed by atoms with E-state index in [9.17, 15) is 10.4 Å². The molecule has 10 aromatic rings. The maximum Gasteiger partial charge on any atom is 0.247 e. The Kier molecular flexibility index (Phi) is 15.2. The summed E-state index contributed by atoms with van der Waals surface area (Å²) in [6, 6.07) is 66.0. The maximum absolute atomic E-state index is 9.19. The summed E-state index contributed by atoms with van der Waals surface area (Å²) < 4.78 is 11.0. The number of hydrogen-bond acceptors (Lipinski definition) is 10. The zero-order valence-electron chi connectivity index (χ0n) is 40.4. The highest BCUT2D eigenvalue weighted by atomic mass is 16.8. The van der Waals surface area contributed by atoms with Gasteiger partial charge in [-0.25, -0.2) is 0 Å².